The van der Waals surface area contributed by atoms with E-state index >= 15 is 0 Å². The minimum atomic E-state index is -0.159. The first-order valence-corrected chi connectivity index (χ1v) is 7.78. The van der Waals surface area contributed by atoms with E-state index in [1.807, 2.05) is 0 Å². The van der Waals surface area contributed by atoms with E-state index in [1.54, 1.807) is 0 Å². The first-order chi connectivity index (χ1) is 8.80. The Labute approximate surface area is 111 Å². The molecule has 1 unspecified atom stereocenters. The zero-order chi connectivity index (χ0) is 12.8. The van der Waals surface area contributed by atoms with Crippen LogP contribution in [0.3, 0.4) is 0 Å². The molecule has 2 aliphatic rings. The lowest BCUT2D eigenvalue weighted by atomic mass is 9.93. The van der Waals surface area contributed by atoms with E-state index in [2.05, 4.69) is 12.2 Å². The Morgan fingerprint density at radius 3 is 2.44 bits per heavy atom. The number of hydrogen-bond donors (Lipinski definition) is 2. The maximum atomic E-state index is 9.80. The molecule has 0 spiro atoms. The highest BCUT2D eigenvalue weighted by Crippen LogP contribution is 2.40. The van der Waals surface area contributed by atoms with Crippen LogP contribution >= 0.6 is 0 Å². The van der Waals surface area contributed by atoms with Crippen LogP contribution in [0.25, 0.3) is 0 Å². The fourth-order valence-corrected chi connectivity index (χ4v) is 3.05. The van der Waals surface area contributed by atoms with Crippen molar-refractivity contribution in [2.45, 2.75) is 69.9 Å². The molecule has 2 N–H and O–H groups in total. The van der Waals surface area contributed by atoms with Gasteiger partial charge < -0.3 is 15.2 Å². The number of nitrogens with one attached hydrogen (secondary N) is 1. The zero-order valence-electron chi connectivity index (χ0n) is 11.8. The van der Waals surface area contributed by atoms with E-state index in [9.17, 15) is 5.11 Å². The molecule has 0 bridgehead atoms. The Morgan fingerprint density at radius 2 is 1.89 bits per heavy atom. The van der Waals surface area contributed by atoms with Crippen LogP contribution in [-0.4, -0.2) is 36.5 Å². The fourth-order valence-electron chi connectivity index (χ4n) is 3.05. The smallest absolute Gasteiger partial charge is 0.0679 e. The summed E-state index contributed by atoms with van der Waals surface area (Å²) < 4.78 is 6.12. The summed E-state index contributed by atoms with van der Waals surface area (Å²) >= 11 is 0. The number of ether oxygens (including phenoxy) is 1. The van der Waals surface area contributed by atoms with Crippen LogP contribution in [0.15, 0.2) is 0 Å². The number of rotatable bonds is 8. The summed E-state index contributed by atoms with van der Waals surface area (Å²) in [6.07, 6.45) is 10.4. The molecule has 0 aromatic rings. The molecule has 2 rings (SSSR count). The van der Waals surface area contributed by atoms with Gasteiger partial charge in [0.2, 0.25) is 0 Å². The third-order valence-corrected chi connectivity index (χ3v) is 4.50. The maximum Gasteiger partial charge on any atom is 0.0679 e. The molecule has 1 atom stereocenters. The van der Waals surface area contributed by atoms with Gasteiger partial charge in [-0.1, -0.05) is 26.2 Å². The average molecular weight is 255 g/mol. The Bertz CT molecular complexity index is 237. The predicted octanol–water partition coefficient (Wildman–Crippen LogP) is 2.48. The lowest BCUT2D eigenvalue weighted by molar-refractivity contribution is -0.0313. The van der Waals surface area contributed by atoms with Gasteiger partial charge >= 0.3 is 0 Å². The first kappa shape index (κ1) is 14.3. The Hall–Kier alpha value is -0.120. The summed E-state index contributed by atoms with van der Waals surface area (Å²) in [6.45, 7) is 4.05. The van der Waals surface area contributed by atoms with Crippen LogP contribution in [-0.2, 0) is 4.74 Å². The van der Waals surface area contributed by atoms with Crippen molar-refractivity contribution in [2.75, 3.05) is 19.8 Å². The average Bonchev–Trinajstić information content (AvgIpc) is 3.26. The summed E-state index contributed by atoms with van der Waals surface area (Å²) in [7, 11) is 0. The lowest BCUT2D eigenvalue weighted by Gasteiger charge is -2.35. The van der Waals surface area contributed by atoms with Crippen LogP contribution in [0.1, 0.15) is 58.3 Å². The van der Waals surface area contributed by atoms with E-state index in [-0.39, 0.29) is 12.1 Å². The summed E-state index contributed by atoms with van der Waals surface area (Å²) in [5.41, 5.74) is -0.159. The number of aliphatic hydroxyl groups excluding tert-OH is 1. The topological polar surface area (TPSA) is 41.5 Å². The highest BCUT2D eigenvalue weighted by atomic mass is 16.5. The van der Waals surface area contributed by atoms with Gasteiger partial charge in [0.15, 0.2) is 0 Å². The highest BCUT2D eigenvalue weighted by molar-refractivity contribution is 5.01. The SMILES string of the molecule is CCCNC(CO)(COC1CCCCC1)C1CC1. The van der Waals surface area contributed by atoms with Crippen molar-refractivity contribution in [2.24, 2.45) is 5.92 Å². The molecule has 2 aliphatic carbocycles. The summed E-state index contributed by atoms with van der Waals surface area (Å²) in [5.74, 6) is 0.623. The number of hydrogen-bond acceptors (Lipinski definition) is 3. The van der Waals surface area contributed by atoms with E-state index in [0.29, 0.717) is 18.6 Å². The molecule has 3 nitrogen and oxygen atoms in total. The molecule has 0 aromatic heterocycles. The first-order valence-electron chi connectivity index (χ1n) is 7.78. The third-order valence-electron chi connectivity index (χ3n) is 4.50. The fraction of sp³-hybridized carbons (Fsp3) is 1.00. The van der Waals surface area contributed by atoms with Crippen molar-refractivity contribution < 1.29 is 9.84 Å². The number of aliphatic hydroxyl groups is 1. The molecule has 0 amide bonds. The van der Waals surface area contributed by atoms with Crippen molar-refractivity contribution in [3.63, 3.8) is 0 Å². The molecular weight excluding hydrogens is 226 g/mol. The van der Waals surface area contributed by atoms with Gasteiger partial charge in [0.25, 0.3) is 0 Å². The quantitative estimate of drug-likeness (QED) is 0.700. The molecule has 2 saturated carbocycles. The normalized spacial score (nSPS) is 25.0. The van der Waals surface area contributed by atoms with Crippen molar-refractivity contribution >= 4 is 0 Å². The molecule has 0 radical (unpaired) electrons. The molecule has 0 saturated heterocycles. The molecule has 0 aliphatic heterocycles. The van der Waals surface area contributed by atoms with Gasteiger partial charge in [-0.2, -0.15) is 0 Å². The van der Waals surface area contributed by atoms with Crippen LogP contribution in [0.2, 0.25) is 0 Å². The van der Waals surface area contributed by atoms with Crippen LogP contribution < -0.4 is 5.32 Å². The standard InChI is InChI=1S/C15H29NO2/c1-2-10-16-15(11-17,13-8-9-13)12-18-14-6-4-3-5-7-14/h13-14,16-17H,2-12H2,1H3. The van der Waals surface area contributed by atoms with Gasteiger partial charge in [0.1, 0.15) is 0 Å². The summed E-state index contributed by atoms with van der Waals surface area (Å²) in [6, 6.07) is 0. The Balaban J connectivity index is 1.83. The van der Waals surface area contributed by atoms with E-state index in [4.69, 9.17) is 4.74 Å². The van der Waals surface area contributed by atoms with Gasteiger partial charge in [-0.3, -0.25) is 0 Å². The van der Waals surface area contributed by atoms with Crippen molar-refractivity contribution in [1.29, 1.82) is 0 Å². The maximum absolute atomic E-state index is 9.80. The van der Waals surface area contributed by atoms with Crippen LogP contribution in [0.5, 0.6) is 0 Å². The van der Waals surface area contributed by atoms with Crippen molar-refractivity contribution in [3.8, 4) is 0 Å². The van der Waals surface area contributed by atoms with Gasteiger partial charge in [-0.05, 0) is 44.6 Å². The molecule has 0 aromatic carbocycles. The van der Waals surface area contributed by atoms with E-state index in [1.165, 1.54) is 44.9 Å². The third kappa shape index (κ3) is 3.69. The Kier molecular flexibility index (Phi) is 5.46. The van der Waals surface area contributed by atoms with Crippen LogP contribution in [0.4, 0.5) is 0 Å². The van der Waals surface area contributed by atoms with Crippen LogP contribution in [0, 0.1) is 5.92 Å². The lowest BCUT2D eigenvalue weighted by Crippen LogP contribution is -2.55. The predicted molar refractivity (Wildman–Crippen MR) is 73.7 cm³/mol. The summed E-state index contributed by atoms with van der Waals surface area (Å²) in [5, 5.41) is 13.4. The van der Waals surface area contributed by atoms with Gasteiger partial charge in [0.05, 0.1) is 24.9 Å². The van der Waals surface area contributed by atoms with Crippen molar-refractivity contribution in [3.05, 3.63) is 0 Å². The molecule has 106 valence electrons. The van der Waals surface area contributed by atoms with E-state index in [0.717, 1.165) is 13.0 Å². The largest absolute Gasteiger partial charge is 0.394 e. The molecule has 2 fully saturated rings. The molecule has 3 heteroatoms. The van der Waals surface area contributed by atoms with Gasteiger partial charge in [-0.15, -0.1) is 0 Å². The van der Waals surface area contributed by atoms with Crippen molar-refractivity contribution in [1.82, 2.24) is 5.32 Å². The zero-order valence-corrected chi connectivity index (χ0v) is 11.8. The second-order valence-electron chi connectivity index (χ2n) is 6.09. The molecule has 0 heterocycles. The molecule has 18 heavy (non-hydrogen) atoms. The minimum absolute atomic E-state index is 0.159. The monoisotopic (exact) mass is 255 g/mol. The minimum Gasteiger partial charge on any atom is -0.394 e. The van der Waals surface area contributed by atoms with Gasteiger partial charge in [0, 0.05) is 0 Å². The summed E-state index contributed by atoms with van der Waals surface area (Å²) in [4.78, 5) is 0. The second-order valence-corrected chi connectivity index (χ2v) is 6.09. The Morgan fingerprint density at radius 1 is 1.17 bits per heavy atom. The highest BCUT2D eigenvalue weighted by Gasteiger charge is 2.45. The second kappa shape index (κ2) is 6.88. The van der Waals surface area contributed by atoms with E-state index < -0.39 is 0 Å². The van der Waals surface area contributed by atoms with Gasteiger partial charge in [-0.25, -0.2) is 0 Å². The molecular formula is C15H29NO2.